The van der Waals surface area contributed by atoms with Crippen LogP contribution in [-0.2, 0) is 27.2 Å². The molecule has 10 N–H and O–H groups in total. The molecule has 51 heavy (non-hydrogen) atoms. The Bertz CT molecular complexity index is 1580. The molecule has 1 heterocycles. The predicted molar refractivity (Wildman–Crippen MR) is 193 cm³/mol. The molecule has 0 unspecified atom stereocenters. The average molecular weight is 708 g/mol. The van der Waals surface area contributed by atoms with Gasteiger partial charge in [-0.1, -0.05) is 35.5 Å². The Balaban J connectivity index is 1.91. The number of guanidine groups is 1. The molecule has 1 aromatic heterocycles. The molecule has 0 spiro atoms. The Morgan fingerprint density at radius 3 is 2.25 bits per heavy atom. The number of phenols is 1. The summed E-state index contributed by atoms with van der Waals surface area (Å²) < 4.78 is 11.0. The molecule has 3 aromatic rings. The second-order valence-electron chi connectivity index (χ2n) is 13.6. The summed E-state index contributed by atoms with van der Waals surface area (Å²) in [5.74, 6) is -0.560. The van der Waals surface area contributed by atoms with Crippen LogP contribution >= 0.6 is 0 Å². The second kappa shape index (κ2) is 19.3. The van der Waals surface area contributed by atoms with Gasteiger partial charge in [0.25, 0.3) is 0 Å². The van der Waals surface area contributed by atoms with Crippen LogP contribution in [-0.4, -0.2) is 69.9 Å². The largest absolute Gasteiger partial charge is 0.508 e. The van der Waals surface area contributed by atoms with E-state index < -0.39 is 41.6 Å². The molecule has 2 aromatic carbocycles. The van der Waals surface area contributed by atoms with E-state index in [2.05, 4.69) is 31.4 Å². The quantitative estimate of drug-likeness (QED) is 0.0542. The highest BCUT2D eigenvalue weighted by molar-refractivity contribution is 5.91. The zero-order valence-electron chi connectivity index (χ0n) is 30.2. The summed E-state index contributed by atoms with van der Waals surface area (Å²) >= 11 is 0. The van der Waals surface area contributed by atoms with Gasteiger partial charge >= 0.3 is 6.09 Å². The van der Waals surface area contributed by atoms with E-state index in [-0.39, 0.29) is 37.0 Å². The van der Waals surface area contributed by atoms with Crippen LogP contribution in [0.3, 0.4) is 0 Å². The number of nitrogens with two attached hydrogens (primary N) is 2. The number of alkyl carbamates (subject to hydrolysis) is 1. The fraction of sp³-hybridized carbons (Fsp3) is 0.500. The van der Waals surface area contributed by atoms with E-state index in [1.807, 2.05) is 44.2 Å². The maximum Gasteiger partial charge on any atom is 0.408 e. The van der Waals surface area contributed by atoms with Crippen molar-refractivity contribution in [1.82, 2.24) is 31.4 Å². The number of aromatic hydroxyl groups is 1. The number of rotatable bonds is 18. The van der Waals surface area contributed by atoms with Crippen molar-refractivity contribution in [1.29, 1.82) is 5.41 Å². The minimum absolute atomic E-state index is 0.0825. The highest BCUT2D eigenvalue weighted by Crippen LogP contribution is 2.24. The third-order valence-electron chi connectivity index (χ3n) is 7.96. The van der Waals surface area contributed by atoms with Crippen molar-refractivity contribution in [3.8, 4) is 5.75 Å². The van der Waals surface area contributed by atoms with Crippen LogP contribution < -0.4 is 32.7 Å². The van der Waals surface area contributed by atoms with Crippen LogP contribution in [0.4, 0.5) is 4.79 Å². The van der Waals surface area contributed by atoms with E-state index >= 15 is 0 Å². The van der Waals surface area contributed by atoms with Crippen molar-refractivity contribution in [3.63, 3.8) is 0 Å². The molecule has 0 aliphatic rings. The summed E-state index contributed by atoms with van der Waals surface area (Å²) in [5, 5.41) is 32.9. The lowest BCUT2D eigenvalue weighted by Crippen LogP contribution is -2.55. The predicted octanol–water partition coefficient (Wildman–Crippen LogP) is 3.15. The number of unbranched alkanes of at least 4 members (excludes halogenated alkanes) is 1. The van der Waals surface area contributed by atoms with Crippen LogP contribution in [0.1, 0.15) is 92.9 Å². The van der Waals surface area contributed by atoms with Gasteiger partial charge in [0.15, 0.2) is 11.8 Å². The van der Waals surface area contributed by atoms with E-state index in [1.54, 1.807) is 32.9 Å². The first-order valence-electron chi connectivity index (χ1n) is 17.2. The minimum Gasteiger partial charge on any atom is -0.508 e. The number of ether oxygens (including phenoxy) is 1. The molecule has 0 radical (unpaired) electrons. The molecular weight excluding hydrogens is 654 g/mol. The van der Waals surface area contributed by atoms with Gasteiger partial charge in [0, 0.05) is 19.4 Å². The van der Waals surface area contributed by atoms with Gasteiger partial charge in [-0.15, -0.1) is 0 Å². The number of hydrogen-bond donors (Lipinski definition) is 8. The Morgan fingerprint density at radius 2 is 1.63 bits per heavy atom. The smallest absolute Gasteiger partial charge is 0.408 e. The number of carbonyl (C=O) groups is 3. The summed E-state index contributed by atoms with van der Waals surface area (Å²) in [6, 6.07) is 10.0. The Labute approximate surface area is 299 Å². The second-order valence-corrected chi connectivity index (χ2v) is 13.6. The average Bonchev–Trinajstić information content (AvgIpc) is 3.50. The first kappa shape index (κ1) is 40.3. The number of phenolic OH excluding ortho intramolecular Hbond substituents is 1. The number of nitrogens with one attached hydrogen (secondary N) is 5. The van der Waals surface area contributed by atoms with Crippen LogP contribution in [0, 0.1) is 19.3 Å². The van der Waals surface area contributed by atoms with Crippen molar-refractivity contribution in [2.45, 2.75) is 103 Å². The molecule has 3 atom stereocenters. The number of hydrogen-bond acceptors (Lipinski definition) is 10. The molecule has 3 amide bonds. The maximum absolute atomic E-state index is 14.2. The van der Waals surface area contributed by atoms with E-state index in [0.29, 0.717) is 44.5 Å². The summed E-state index contributed by atoms with van der Waals surface area (Å²) in [6.45, 7) is 9.51. The van der Waals surface area contributed by atoms with Crippen molar-refractivity contribution < 1.29 is 28.8 Å². The zero-order chi connectivity index (χ0) is 37.6. The molecule has 0 aliphatic carbocycles. The number of nitrogens with zero attached hydrogens (tertiary/aromatic N) is 2. The molecule has 0 aliphatic heterocycles. The van der Waals surface area contributed by atoms with E-state index in [1.165, 1.54) is 0 Å². The van der Waals surface area contributed by atoms with Crippen molar-refractivity contribution in [2.24, 2.45) is 11.5 Å². The van der Waals surface area contributed by atoms with Gasteiger partial charge in [0.2, 0.25) is 17.7 Å². The lowest BCUT2D eigenvalue weighted by molar-refractivity contribution is -0.130. The van der Waals surface area contributed by atoms with Crippen LogP contribution in [0.15, 0.2) is 47.0 Å². The SMILES string of the molecule is Cc1cc(O)cc(C)c1C[C@H](NC(=O)[C@@H](CCCNC(=N)N)NC(=O)OC(C)(C)C)C(=O)N[C@H](CCCCN)c1nc(Cc2ccccc2)no1. The Morgan fingerprint density at radius 1 is 0.961 bits per heavy atom. The molecule has 15 nitrogen and oxygen atoms in total. The monoisotopic (exact) mass is 707 g/mol. The van der Waals surface area contributed by atoms with Crippen molar-refractivity contribution in [2.75, 3.05) is 13.1 Å². The molecule has 15 heteroatoms. The fourth-order valence-electron chi connectivity index (χ4n) is 5.51. The topological polar surface area (TPSA) is 244 Å². The van der Waals surface area contributed by atoms with Crippen LogP contribution in [0.2, 0.25) is 0 Å². The first-order chi connectivity index (χ1) is 24.1. The highest BCUT2D eigenvalue weighted by Gasteiger charge is 2.31. The van der Waals surface area contributed by atoms with Crippen LogP contribution in [0.25, 0.3) is 0 Å². The van der Waals surface area contributed by atoms with Gasteiger partial charge in [0.05, 0.1) is 0 Å². The van der Waals surface area contributed by atoms with Crippen molar-refractivity contribution >= 4 is 23.9 Å². The number of carbonyl (C=O) groups excluding carboxylic acids is 3. The van der Waals surface area contributed by atoms with Gasteiger partial charge < -0.3 is 47.1 Å². The summed E-state index contributed by atoms with van der Waals surface area (Å²) in [4.78, 5) is 45.5. The zero-order valence-corrected chi connectivity index (χ0v) is 30.2. The third-order valence-corrected chi connectivity index (χ3v) is 7.96. The lowest BCUT2D eigenvalue weighted by Gasteiger charge is -2.27. The van der Waals surface area contributed by atoms with E-state index in [4.69, 9.17) is 26.1 Å². The number of aromatic nitrogens is 2. The Hall–Kier alpha value is -5.18. The molecule has 0 fully saturated rings. The molecule has 278 valence electrons. The van der Waals surface area contributed by atoms with Crippen molar-refractivity contribution in [3.05, 3.63) is 76.4 Å². The third kappa shape index (κ3) is 13.9. The normalized spacial score (nSPS) is 13.1. The first-order valence-corrected chi connectivity index (χ1v) is 17.2. The summed E-state index contributed by atoms with van der Waals surface area (Å²) in [6.07, 6.45) is 2.09. The maximum atomic E-state index is 14.2. The van der Waals surface area contributed by atoms with Gasteiger partial charge in [-0.05, 0) is 108 Å². The van der Waals surface area contributed by atoms with Gasteiger partial charge in [-0.2, -0.15) is 4.98 Å². The van der Waals surface area contributed by atoms with Crippen LogP contribution in [0.5, 0.6) is 5.75 Å². The molecular formula is C36H53N9O6. The summed E-state index contributed by atoms with van der Waals surface area (Å²) in [7, 11) is 0. The molecule has 0 saturated carbocycles. The lowest BCUT2D eigenvalue weighted by atomic mass is 9.95. The van der Waals surface area contributed by atoms with Gasteiger partial charge in [-0.25, -0.2) is 4.79 Å². The van der Waals surface area contributed by atoms with E-state index in [9.17, 15) is 19.5 Å². The highest BCUT2D eigenvalue weighted by atomic mass is 16.6. The minimum atomic E-state index is -1.11. The van der Waals surface area contributed by atoms with Gasteiger partial charge in [0.1, 0.15) is 29.5 Å². The summed E-state index contributed by atoms with van der Waals surface area (Å²) in [5.41, 5.74) is 13.6. The number of aryl methyl sites for hydroxylation is 2. The van der Waals surface area contributed by atoms with E-state index in [0.717, 1.165) is 22.3 Å². The molecule has 3 rings (SSSR count). The molecule has 0 bridgehead atoms. The Kier molecular flexibility index (Phi) is 15.2. The molecule has 0 saturated heterocycles. The standard InChI is InChI=1S/C36H53N9O6/c1-22-18-25(46)19-23(2)26(22)21-29(42-31(47)27(15-11-17-40-34(38)39)43-35(49)50-36(3,4)5)32(48)41-28(14-9-10-16-37)33-44-30(45-51-33)20-24-12-7-6-8-13-24/h6-8,12-13,18-19,27-29,46H,9-11,14-17,20-21,37H2,1-5H3,(H,41,48)(H,42,47)(H,43,49)(H4,38,39,40)/t27-,28-,29+/m1/s1. The number of benzene rings is 2. The van der Waals surface area contributed by atoms with Gasteiger partial charge in [-0.3, -0.25) is 15.0 Å². The number of amides is 3. The fourth-order valence-corrected chi connectivity index (χ4v) is 5.51.